The first kappa shape index (κ1) is 16.1. The minimum absolute atomic E-state index is 0.00831. The average molecular weight is 327 g/mol. The largest absolute Gasteiger partial charge is 0.381 e. The fourth-order valence-corrected chi connectivity index (χ4v) is 2.62. The van der Waals surface area contributed by atoms with Gasteiger partial charge in [0.25, 0.3) is 0 Å². The van der Waals surface area contributed by atoms with Crippen LogP contribution in [0.3, 0.4) is 0 Å². The molecule has 2 aliphatic rings. The summed E-state index contributed by atoms with van der Waals surface area (Å²) in [5.74, 6) is -1.75. The molecule has 126 valence electrons. The van der Waals surface area contributed by atoms with Gasteiger partial charge in [-0.1, -0.05) is 0 Å². The maximum Gasteiger partial charge on any atom is 0.193 e. The Morgan fingerprint density at radius 3 is 2.91 bits per heavy atom. The number of benzene rings is 1. The molecule has 2 saturated heterocycles. The molecule has 6 nitrogen and oxygen atoms in total. The average Bonchev–Trinajstić information content (AvgIpc) is 2.92. The van der Waals surface area contributed by atoms with Crippen LogP contribution in [0.5, 0.6) is 0 Å². The highest BCUT2D eigenvalue weighted by Crippen LogP contribution is 2.33. The zero-order chi connectivity index (χ0) is 16.3. The molecule has 23 heavy (non-hydrogen) atoms. The van der Waals surface area contributed by atoms with E-state index in [0.29, 0.717) is 32.7 Å². The van der Waals surface area contributed by atoms with Gasteiger partial charge in [-0.25, -0.2) is 8.78 Å². The monoisotopic (exact) mass is 327 g/mol. The van der Waals surface area contributed by atoms with Crippen LogP contribution in [0.25, 0.3) is 0 Å². The van der Waals surface area contributed by atoms with Crippen molar-refractivity contribution in [3.05, 3.63) is 29.8 Å². The lowest BCUT2D eigenvalue weighted by molar-refractivity contribution is -0.210. The summed E-state index contributed by atoms with van der Waals surface area (Å²) in [4.78, 5) is 4.11. The number of aliphatic imine (C=N–C) groups is 1. The van der Waals surface area contributed by atoms with E-state index in [4.69, 9.17) is 19.9 Å². The molecule has 3 rings (SSSR count). The highest BCUT2D eigenvalue weighted by atomic mass is 19.1. The number of guanidine groups is 1. The molecule has 8 heteroatoms. The SMILES string of the molecule is NC(=NCC1COC2(CCOCC2)O1)Nc1cc(F)ccc1F. The molecule has 1 unspecified atom stereocenters. The van der Waals surface area contributed by atoms with E-state index < -0.39 is 17.4 Å². The normalized spacial score (nSPS) is 24.1. The van der Waals surface area contributed by atoms with Gasteiger partial charge in [0.2, 0.25) is 0 Å². The first-order chi connectivity index (χ1) is 11.1. The van der Waals surface area contributed by atoms with E-state index >= 15 is 0 Å². The van der Waals surface area contributed by atoms with Crippen molar-refractivity contribution in [1.29, 1.82) is 0 Å². The molecule has 2 aliphatic heterocycles. The zero-order valence-corrected chi connectivity index (χ0v) is 12.6. The van der Waals surface area contributed by atoms with E-state index in [1.165, 1.54) is 0 Å². The molecule has 0 amide bonds. The number of nitrogens with one attached hydrogen (secondary N) is 1. The summed E-state index contributed by atoms with van der Waals surface area (Å²) < 4.78 is 43.5. The van der Waals surface area contributed by atoms with Crippen molar-refractivity contribution < 1.29 is 23.0 Å². The van der Waals surface area contributed by atoms with Crippen molar-refractivity contribution >= 4 is 11.6 Å². The number of halogens is 2. The molecule has 2 heterocycles. The number of anilines is 1. The van der Waals surface area contributed by atoms with Gasteiger partial charge in [-0.3, -0.25) is 4.99 Å². The van der Waals surface area contributed by atoms with Crippen molar-refractivity contribution in [2.45, 2.75) is 24.7 Å². The topological polar surface area (TPSA) is 78.1 Å². The molecular formula is C15H19F2N3O3. The van der Waals surface area contributed by atoms with Gasteiger partial charge in [-0.2, -0.15) is 0 Å². The Balaban J connectivity index is 1.54. The van der Waals surface area contributed by atoms with Crippen molar-refractivity contribution in [1.82, 2.24) is 0 Å². The summed E-state index contributed by atoms with van der Waals surface area (Å²) in [5, 5.41) is 2.54. The third-order valence-corrected chi connectivity index (χ3v) is 3.82. The predicted molar refractivity (Wildman–Crippen MR) is 80.1 cm³/mol. The number of hydrogen-bond donors (Lipinski definition) is 2. The number of nitrogens with zero attached hydrogens (tertiary/aromatic N) is 1. The summed E-state index contributed by atoms with van der Waals surface area (Å²) >= 11 is 0. The van der Waals surface area contributed by atoms with Crippen LogP contribution in [0.4, 0.5) is 14.5 Å². The van der Waals surface area contributed by atoms with Crippen molar-refractivity contribution in [3.63, 3.8) is 0 Å². The van der Waals surface area contributed by atoms with Gasteiger partial charge in [-0.05, 0) is 12.1 Å². The van der Waals surface area contributed by atoms with E-state index in [0.717, 1.165) is 18.2 Å². The second kappa shape index (κ2) is 6.77. The summed E-state index contributed by atoms with van der Waals surface area (Å²) in [6.07, 6.45) is 1.16. The van der Waals surface area contributed by atoms with Crippen molar-refractivity contribution in [3.8, 4) is 0 Å². The summed E-state index contributed by atoms with van der Waals surface area (Å²) in [7, 11) is 0. The Hall–Kier alpha value is -1.77. The van der Waals surface area contributed by atoms with Gasteiger partial charge in [0, 0.05) is 18.9 Å². The van der Waals surface area contributed by atoms with Crippen LogP contribution in [0.15, 0.2) is 23.2 Å². The van der Waals surface area contributed by atoms with Gasteiger partial charge >= 0.3 is 0 Å². The zero-order valence-electron chi connectivity index (χ0n) is 12.6. The molecular weight excluding hydrogens is 308 g/mol. The molecule has 1 aromatic carbocycles. The minimum atomic E-state index is -0.605. The van der Waals surface area contributed by atoms with Crippen LogP contribution in [0.1, 0.15) is 12.8 Å². The minimum Gasteiger partial charge on any atom is -0.381 e. The van der Waals surface area contributed by atoms with E-state index in [-0.39, 0.29) is 24.3 Å². The van der Waals surface area contributed by atoms with Crippen LogP contribution >= 0.6 is 0 Å². The summed E-state index contributed by atoms with van der Waals surface area (Å²) in [6, 6.07) is 3.07. The molecule has 3 N–H and O–H groups in total. The Morgan fingerprint density at radius 2 is 2.13 bits per heavy atom. The lowest BCUT2D eigenvalue weighted by Gasteiger charge is -2.31. The quantitative estimate of drug-likeness (QED) is 0.651. The van der Waals surface area contributed by atoms with Gasteiger partial charge in [0.15, 0.2) is 11.7 Å². The molecule has 0 radical (unpaired) electrons. The molecule has 0 aromatic heterocycles. The van der Waals surface area contributed by atoms with Crippen LogP contribution in [-0.2, 0) is 14.2 Å². The molecule has 1 aromatic rings. The maximum atomic E-state index is 13.5. The summed E-state index contributed by atoms with van der Waals surface area (Å²) in [6.45, 7) is 1.92. The molecule has 0 bridgehead atoms. The highest BCUT2D eigenvalue weighted by molar-refractivity contribution is 5.92. The number of nitrogens with two attached hydrogens (primary N) is 1. The molecule has 1 spiro atoms. The van der Waals surface area contributed by atoms with Crippen LogP contribution in [0.2, 0.25) is 0 Å². The van der Waals surface area contributed by atoms with Gasteiger partial charge in [0.1, 0.15) is 17.7 Å². The second-order valence-electron chi connectivity index (χ2n) is 5.55. The van der Waals surface area contributed by atoms with E-state index in [2.05, 4.69) is 10.3 Å². The maximum absolute atomic E-state index is 13.5. The number of rotatable bonds is 3. The van der Waals surface area contributed by atoms with Crippen LogP contribution in [0, 0.1) is 11.6 Å². The van der Waals surface area contributed by atoms with E-state index in [1.54, 1.807) is 0 Å². The number of hydrogen-bond acceptors (Lipinski definition) is 4. The van der Waals surface area contributed by atoms with Crippen LogP contribution in [-0.4, -0.2) is 44.2 Å². The molecule has 0 saturated carbocycles. The van der Waals surface area contributed by atoms with Gasteiger partial charge in [0.05, 0.1) is 32.1 Å². The standard InChI is InChI=1S/C15H19F2N3O3/c16-10-1-2-12(17)13(7-10)20-14(18)19-8-11-9-22-15(23-11)3-5-21-6-4-15/h1-2,7,11H,3-6,8-9H2,(H3,18,19,20). The Kier molecular flexibility index (Phi) is 4.74. The smallest absolute Gasteiger partial charge is 0.193 e. The van der Waals surface area contributed by atoms with Crippen molar-refractivity contribution in [2.24, 2.45) is 10.7 Å². The fourth-order valence-electron chi connectivity index (χ4n) is 2.62. The molecule has 0 aliphatic carbocycles. The third-order valence-electron chi connectivity index (χ3n) is 3.82. The summed E-state index contributed by atoms with van der Waals surface area (Å²) in [5.41, 5.74) is 5.65. The number of ether oxygens (including phenoxy) is 3. The third kappa shape index (κ3) is 3.95. The lowest BCUT2D eigenvalue weighted by Crippen LogP contribution is -2.38. The molecule has 2 fully saturated rings. The van der Waals surface area contributed by atoms with Crippen molar-refractivity contribution in [2.75, 3.05) is 31.7 Å². The van der Waals surface area contributed by atoms with E-state index in [9.17, 15) is 8.78 Å². The first-order valence-corrected chi connectivity index (χ1v) is 7.48. The van der Waals surface area contributed by atoms with E-state index in [1.807, 2.05) is 0 Å². The fraction of sp³-hybridized carbons (Fsp3) is 0.533. The van der Waals surface area contributed by atoms with Gasteiger partial charge in [-0.15, -0.1) is 0 Å². The second-order valence-corrected chi connectivity index (χ2v) is 5.55. The Labute approximate surface area is 132 Å². The van der Waals surface area contributed by atoms with Crippen LogP contribution < -0.4 is 11.1 Å². The lowest BCUT2D eigenvalue weighted by atomic mass is 10.1. The highest BCUT2D eigenvalue weighted by Gasteiger charge is 2.42. The predicted octanol–water partition coefficient (Wildman–Crippen LogP) is 1.61. The van der Waals surface area contributed by atoms with Gasteiger partial charge < -0.3 is 25.3 Å². The Morgan fingerprint density at radius 1 is 1.35 bits per heavy atom. The first-order valence-electron chi connectivity index (χ1n) is 7.48. The Bertz CT molecular complexity index is 591. The molecule has 1 atom stereocenters.